The van der Waals surface area contributed by atoms with Crippen molar-refractivity contribution in [2.75, 3.05) is 19.7 Å². The molecule has 1 aromatic carbocycles. The van der Waals surface area contributed by atoms with Crippen LogP contribution in [0.2, 0.25) is 0 Å². The Morgan fingerprint density at radius 3 is 3.06 bits per heavy atom. The first-order chi connectivity index (χ1) is 14.7. The van der Waals surface area contributed by atoms with Crippen LogP contribution in [0.1, 0.15) is 55.9 Å². The van der Waals surface area contributed by atoms with Crippen LogP contribution in [0.3, 0.4) is 0 Å². The van der Waals surface area contributed by atoms with E-state index in [4.69, 9.17) is 14.5 Å². The number of fused-ring (bicyclic) bond motifs is 4. The Morgan fingerprint density at radius 2 is 2.13 bits per heavy atom. The molecule has 7 heteroatoms. The van der Waals surface area contributed by atoms with Gasteiger partial charge in [0.15, 0.2) is 0 Å². The predicted molar refractivity (Wildman–Crippen MR) is 111 cm³/mol. The third kappa shape index (κ3) is 3.74. The summed E-state index contributed by atoms with van der Waals surface area (Å²) >= 11 is 0. The first-order valence-corrected chi connectivity index (χ1v) is 11.2. The van der Waals surface area contributed by atoms with Crippen molar-refractivity contribution in [1.29, 1.82) is 0 Å². The van der Waals surface area contributed by atoms with Gasteiger partial charge in [0.1, 0.15) is 12.8 Å². The fourth-order valence-electron chi connectivity index (χ4n) is 6.17. The minimum absolute atomic E-state index is 0. The Kier molecular flexibility index (Phi) is 5.89. The second-order valence-electron chi connectivity index (χ2n) is 9.46. The monoisotopic (exact) mass is 433 g/mol. The van der Waals surface area contributed by atoms with Crippen LogP contribution in [0, 0.1) is 0 Å². The van der Waals surface area contributed by atoms with Gasteiger partial charge in [-0.05, 0) is 49.8 Å². The molecule has 4 aliphatic rings. The molecule has 0 saturated carbocycles. The van der Waals surface area contributed by atoms with Crippen molar-refractivity contribution in [3.05, 3.63) is 52.8 Å². The number of nitrogens with zero attached hydrogens (tertiary/aromatic N) is 3. The normalized spacial score (nSPS) is 31.6. The maximum atomic E-state index is 14.0. The van der Waals surface area contributed by atoms with E-state index in [1.165, 1.54) is 11.1 Å². The zero-order valence-corrected chi connectivity index (χ0v) is 20.3. The van der Waals surface area contributed by atoms with Crippen LogP contribution >= 0.6 is 0 Å². The van der Waals surface area contributed by atoms with Crippen LogP contribution in [0.4, 0.5) is 4.39 Å². The Bertz CT molecular complexity index is 982. The Labute approximate surface area is 206 Å². The summed E-state index contributed by atoms with van der Waals surface area (Å²) in [5, 5.41) is 0. The van der Waals surface area contributed by atoms with Crippen LogP contribution in [0.5, 0.6) is 6.01 Å². The first-order valence-electron chi connectivity index (χ1n) is 11.2. The van der Waals surface area contributed by atoms with Gasteiger partial charge >= 0.3 is 35.6 Å². The first kappa shape index (κ1) is 21.8. The minimum Gasteiger partial charge on any atom is -1.00 e. The summed E-state index contributed by atoms with van der Waals surface area (Å²) in [7, 11) is 0. The molecule has 3 aliphatic heterocycles. The molecular formula is C24H29FN3NaO2. The van der Waals surface area contributed by atoms with Gasteiger partial charge in [0.05, 0.1) is 23.4 Å². The van der Waals surface area contributed by atoms with Crippen molar-refractivity contribution in [1.82, 2.24) is 14.9 Å². The van der Waals surface area contributed by atoms with Gasteiger partial charge in [0, 0.05) is 31.1 Å². The van der Waals surface area contributed by atoms with Gasteiger partial charge in [-0.1, -0.05) is 24.3 Å². The number of hydrogen-bond donors (Lipinski definition) is 0. The summed E-state index contributed by atoms with van der Waals surface area (Å²) in [6.07, 6.45) is 7.77. The topological polar surface area (TPSA) is 47.5 Å². The summed E-state index contributed by atoms with van der Waals surface area (Å²) in [5.41, 5.74) is 4.30. The smallest absolute Gasteiger partial charge is 1.00 e. The van der Waals surface area contributed by atoms with E-state index in [0.29, 0.717) is 32.2 Å². The molecule has 0 radical (unpaired) electrons. The van der Waals surface area contributed by atoms with Gasteiger partial charge in [0.25, 0.3) is 0 Å². The summed E-state index contributed by atoms with van der Waals surface area (Å²) in [6, 6.07) is 9.05. The quantitative estimate of drug-likeness (QED) is 0.672. The van der Waals surface area contributed by atoms with Crippen molar-refractivity contribution in [2.24, 2.45) is 0 Å². The largest absolute Gasteiger partial charge is 1.00 e. The third-order valence-electron chi connectivity index (χ3n) is 7.65. The van der Waals surface area contributed by atoms with E-state index in [1.807, 2.05) is 6.20 Å². The zero-order chi connectivity index (χ0) is 20.2. The number of halogens is 1. The number of alkyl halides is 1. The van der Waals surface area contributed by atoms with Gasteiger partial charge in [-0.25, -0.2) is 9.37 Å². The van der Waals surface area contributed by atoms with Crippen LogP contribution in [0.15, 0.2) is 30.5 Å². The number of hydrogen-bond acceptors (Lipinski definition) is 5. The van der Waals surface area contributed by atoms with E-state index >= 15 is 0 Å². The molecule has 0 bridgehead atoms. The van der Waals surface area contributed by atoms with E-state index in [0.717, 1.165) is 56.3 Å². The standard InChI is InChI=1S/C24H28FN3O2.Na.H/c25-19-11-23(8-4-10-28(23)14-19)16-29-22-26-13-18-15-30-24(12-21(18)27-22)9-3-6-17-5-1-2-7-20(17)24;;/h1-2,5,7,13,19H,3-4,6,8-12,14-16H2;;/q;+1;-1/t19-,23+,24?;;/m1../s1. The van der Waals surface area contributed by atoms with E-state index in [2.05, 4.69) is 34.1 Å². The summed E-state index contributed by atoms with van der Waals surface area (Å²) < 4.78 is 26.5. The average molecular weight is 434 g/mol. The van der Waals surface area contributed by atoms with Crippen LogP contribution < -0.4 is 34.3 Å². The number of aromatic nitrogens is 2. The van der Waals surface area contributed by atoms with Crippen LogP contribution in [0.25, 0.3) is 0 Å². The van der Waals surface area contributed by atoms with Crippen molar-refractivity contribution >= 4 is 0 Å². The maximum Gasteiger partial charge on any atom is 1.00 e. The van der Waals surface area contributed by atoms with Gasteiger partial charge < -0.3 is 10.9 Å². The second-order valence-corrected chi connectivity index (χ2v) is 9.46. The fourth-order valence-corrected chi connectivity index (χ4v) is 6.17. The van der Waals surface area contributed by atoms with E-state index in [1.54, 1.807) is 0 Å². The van der Waals surface area contributed by atoms with Crippen molar-refractivity contribution < 1.29 is 44.8 Å². The molecular weight excluding hydrogens is 404 g/mol. The van der Waals surface area contributed by atoms with Crippen LogP contribution in [-0.4, -0.2) is 46.3 Å². The Hall–Kier alpha value is -1.05. The molecule has 1 aromatic heterocycles. The van der Waals surface area contributed by atoms with Crippen molar-refractivity contribution in [2.45, 2.75) is 68.9 Å². The maximum absolute atomic E-state index is 14.0. The molecule has 3 atom stereocenters. The molecule has 160 valence electrons. The minimum atomic E-state index is -0.748. The molecule has 0 amide bonds. The summed E-state index contributed by atoms with van der Waals surface area (Å²) in [4.78, 5) is 11.5. The number of benzene rings is 1. The summed E-state index contributed by atoms with van der Waals surface area (Å²) in [6.45, 7) is 2.50. The summed E-state index contributed by atoms with van der Waals surface area (Å²) in [5.74, 6) is 0. The van der Waals surface area contributed by atoms with Crippen LogP contribution in [-0.2, 0) is 29.8 Å². The second kappa shape index (κ2) is 8.38. The molecule has 1 aliphatic carbocycles. The predicted octanol–water partition coefficient (Wildman–Crippen LogP) is 0.853. The third-order valence-corrected chi connectivity index (χ3v) is 7.65. The number of ether oxygens (including phenoxy) is 2. The van der Waals surface area contributed by atoms with E-state index < -0.39 is 6.17 Å². The molecule has 31 heavy (non-hydrogen) atoms. The van der Waals surface area contributed by atoms with Crippen molar-refractivity contribution in [3.63, 3.8) is 0 Å². The SMILES string of the molecule is F[C@H]1CN2CCC[C@@]2(COc2ncc3c(n2)CC2(CCCc4ccccc42)OC3)C1.[H-].[Na+]. The van der Waals surface area contributed by atoms with E-state index in [9.17, 15) is 4.39 Å². The fraction of sp³-hybridized carbons (Fsp3) is 0.583. The molecule has 5 nitrogen and oxygen atoms in total. The Morgan fingerprint density at radius 1 is 1.23 bits per heavy atom. The van der Waals surface area contributed by atoms with Gasteiger partial charge in [-0.2, -0.15) is 4.98 Å². The van der Waals surface area contributed by atoms with Gasteiger partial charge in [-0.3, -0.25) is 4.90 Å². The van der Waals surface area contributed by atoms with Gasteiger partial charge in [-0.15, -0.1) is 0 Å². The number of rotatable bonds is 3. The molecule has 6 rings (SSSR count). The zero-order valence-electron chi connectivity index (χ0n) is 19.3. The Balaban J connectivity index is 0.00000122. The molecule has 0 N–H and O–H groups in total. The molecule has 2 fully saturated rings. The van der Waals surface area contributed by atoms with Crippen molar-refractivity contribution in [3.8, 4) is 6.01 Å². The van der Waals surface area contributed by atoms with E-state index in [-0.39, 0.29) is 42.1 Å². The van der Waals surface area contributed by atoms with Gasteiger partial charge in [0.2, 0.25) is 0 Å². The molecule has 2 saturated heterocycles. The molecule has 1 spiro atoms. The average Bonchev–Trinajstić information content (AvgIpc) is 3.28. The molecule has 4 heterocycles. The number of aryl methyl sites for hydroxylation is 1. The molecule has 1 unspecified atom stereocenters. The molecule has 2 aromatic rings.